The van der Waals surface area contributed by atoms with Crippen molar-refractivity contribution in [3.05, 3.63) is 68.6 Å². The van der Waals surface area contributed by atoms with Crippen LogP contribution >= 0.6 is 0 Å². The molecule has 1 aromatic heterocycles. The fraction of sp³-hybridized carbons (Fsp3) is 0.316. The first-order valence-electron chi connectivity index (χ1n) is 9.24. The lowest BCUT2D eigenvalue weighted by atomic mass is 10.1. The normalized spacial score (nSPS) is 16.3. The zero-order valence-electron chi connectivity index (χ0n) is 15.7. The van der Waals surface area contributed by atoms with Crippen LogP contribution in [0.4, 0.5) is 5.69 Å². The van der Waals surface area contributed by atoms with Crippen molar-refractivity contribution >= 4 is 26.7 Å². The summed E-state index contributed by atoms with van der Waals surface area (Å²) >= 11 is 0. The first kappa shape index (κ1) is 19.3. The number of aromatic amines is 1. The number of hydrogen-bond donors (Lipinski definition) is 1. The van der Waals surface area contributed by atoms with Crippen LogP contribution in [0.1, 0.15) is 24.4 Å². The highest BCUT2D eigenvalue weighted by molar-refractivity contribution is 7.89. The average molecular weight is 416 g/mol. The van der Waals surface area contributed by atoms with E-state index >= 15 is 0 Å². The second kappa shape index (κ2) is 7.12. The van der Waals surface area contributed by atoms with E-state index in [0.29, 0.717) is 18.4 Å². The lowest BCUT2D eigenvalue weighted by molar-refractivity contribution is -0.387. The Balaban J connectivity index is 1.63. The minimum absolute atomic E-state index is 0.142. The molecular formula is C19H20N4O5S. The summed E-state index contributed by atoms with van der Waals surface area (Å²) in [6, 6.07) is 11.5. The molecule has 9 nitrogen and oxygen atoms in total. The maximum Gasteiger partial charge on any atom is 0.326 e. The van der Waals surface area contributed by atoms with Crippen molar-refractivity contribution in [2.45, 2.75) is 30.7 Å². The molecule has 0 aliphatic carbocycles. The largest absolute Gasteiger partial charge is 0.326 e. The fourth-order valence-electron chi connectivity index (χ4n) is 4.02. The van der Waals surface area contributed by atoms with Gasteiger partial charge in [0, 0.05) is 25.2 Å². The van der Waals surface area contributed by atoms with Gasteiger partial charge in [-0.2, -0.15) is 4.31 Å². The third-order valence-corrected chi connectivity index (χ3v) is 7.49. The number of aryl methyl sites for hydroxylation is 1. The molecule has 1 saturated heterocycles. The Labute approximate surface area is 166 Å². The summed E-state index contributed by atoms with van der Waals surface area (Å²) in [5.74, 6) is 0. The molecule has 29 heavy (non-hydrogen) atoms. The maximum absolute atomic E-state index is 13.2. The molecule has 2 heterocycles. The second-order valence-electron chi connectivity index (χ2n) is 7.13. The van der Waals surface area contributed by atoms with Crippen molar-refractivity contribution in [2.24, 2.45) is 0 Å². The molecule has 1 N–H and O–H groups in total. The monoisotopic (exact) mass is 416 g/mol. The molecule has 3 aromatic rings. The smallest absolute Gasteiger partial charge is 0.306 e. The Morgan fingerprint density at radius 1 is 1.10 bits per heavy atom. The molecule has 1 aliphatic heterocycles. The summed E-state index contributed by atoms with van der Waals surface area (Å²) in [4.78, 5) is 25.7. The van der Waals surface area contributed by atoms with Crippen LogP contribution in [-0.2, 0) is 10.0 Å². The van der Waals surface area contributed by atoms with Gasteiger partial charge >= 0.3 is 5.69 Å². The predicted octanol–water partition coefficient (Wildman–Crippen LogP) is 2.57. The lowest BCUT2D eigenvalue weighted by Gasteiger charge is -2.32. The average Bonchev–Trinajstić information content (AvgIpc) is 3.03. The molecule has 0 spiro atoms. The summed E-state index contributed by atoms with van der Waals surface area (Å²) in [5, 5.41) is 11.4. The van der Waals surface area contributed by atoms with Gasteiger partial charge in [0.25, 0.3) is 5.69 Å². The third-order valence-electron chi connectivity index (χ3n) is 5.40. The summed E-state index contributed by atoms with van der Waals surface area (Å²) in [6.07, 6.45) is 0.890. The van der Waals surface area contributed by atoms with E-state index in [1.807, 2.05) is 24.3 Å². The van der Waals surface area contributed by atoms with Crippen molar-refractivity contribution in [3.8, 4) is 0 Å². The number of imidazole rings is 1. The Morgan fingerprint density at radius 3 is 2.48 bits per heavy atom. The third kappa shape index (κ3) is 3.23. The number of nitrogens with one attached hydrogen (secondary N) is 1. The van der Waals surface area contributed by atoms with E-state index in [-0.39, 0.29) is 29.7 Å². The Hall–Kier alpha value is -2.98. The van der Waals surface area contributed by atoms with E-state index in [9.17, 15) is 23.3 Å². The second-order valence-corrected chi connectivity index (χ2v) is 9.01. The molecule has 1 aliphatic rings. The van der Waals surface area contributed by atoms with E-state index < -0.39 is 20.6 Å². The standard InChI is InChI=1S/C19H20N4O5S/c1-13-5-4-8-17(23(25)26)18(13)29(27,28)21-11-9-14(10-12-21)22-16-7-3-2-6-15(16)20-19(22)24/h2-8,14H,9-12H2,1H3,(H,20,24). The van der Waals surface area contributed by atoms with E-state index in [4.69, 9.17) is 0 Å². The number of nitro groups is 1. The zero-order chi connectivity index (χ0) is 20.8. The quantitative estimate of drug-likeness (QED) is 0.518. The molecule has 0 radical (unpaired) electrons. The van der Waals surface area contributed by atoms with Crippen molar-refractivity contribution in [2.75, 3.05) is 13.1 Å². The Morgan fingerprint density at radius 2 is 1.79 bits per heavy atom. The van der Waals surface area contributed by atoms with Crippen LogP contribution in [0.2, 0.25) is 0 Å². The minimum Gasteiger partial charge on any atom is -0.306 e. The Bertz CT molecular complexity index is 1250. The number of benzene rings is 2. The molecule has 0 amide bonds. The molecule has 0 atom stereocenters. The number of nitrogens with zero attached hydrogens (tertiary/aromatic N) is 3. The van der Waals surface area contributed by atoms with Crippen LogP contribution in [-0.4, -0.2) is 40.3 Å². The first-order valence-corrected chi connectivity index (χ1v) is 10.7. The zero-order valence-corrected chi connectivity index (χ0v) is 16.6. The summed E-state index contributed by atoms with van der Waals surface area (Å²) in [5.41, 5.74) is 1.23. The number of H-pyrrole nitrogens is 1. The van der Waals surface area contributed by atoms with Gasteiger partial charge in [0.05, 0.1) is 16.0 Å². The fourth-order valence-corrected chi connectivity index (χ4v) is 5.85. The SMILES string of the molecule is Cc1cccc([N+](=O)[O-])c1S(=O)(=O)N1CCC(n2c(=O)[nH]c3ccccc32)CC1. The van der Waals surface area contributed by atoms with Gasteiger partial charge in [0.15, 0.2) is 4.90 Å². The van der Waals surface area contributed by atoms with Crippen LogP contribution in [0.5, 0.6) is 0 Å². The molecule has 4 rings (SSSR count). The van der Waals surface area contributed by atoms with Crippen LogP contribution in [0.3, 0.4) is 0 Å². The topological polar surface area (TPSA) is 118 Å². The molecule has 0 saturated carbocycles. The summed E-state index contributed by atoms with van der Waals surface area (Å²) < 4.78 is 29.3. The number of para-hydroxylation sites is 2. The highest BCUT2D eigenvalue weighted by atomic mass is 32.2. The number of sulfonamides is 1. The van der Waals surface area contributed by atoms with Gasteiger partial charge in [-0.05, 0) is 37.5 Å². The van der Waals surface area contributed by atoms with Gasteiger partial charge < -0.3 is 4.98 Å². The van der Waals surface area contributed by atoms with Gasteiger partial charge in [-0.25, -0.2) is 13.2 Å². The molecule has 1 fully saturated rings. The van der Waals surface area contributed by atoms with E-state index in [1.165, 1.54) is 16.4 Å². The highest BCUT2D eigenvalue weighted by Gasteiger charge is 2.36. The van der Waals surface area contributed by atoms with Crippen molar-refractivity contribution < 1.29 is 13.3 Å². The van der Waals surface area contributed by atoms with E-state index in [2.05, 4.69) is 4.98 Å². The molecule has 0 bridgehead atoms. The van der Waals surface area contributed by atoms with Crippen LogP contribution in [0, 0.1) is 17.0 Å². The lowest BCUT2D eigenvalue weighted by Crippen LogP contribution is -2.40. The van der Waals surface area contributed by atoms with Crippen LogP contribution in [0.15, 0.2) is 52.2 Å². The number of hydrogen-bond acceptors (Lipinski definition) is 5. The van der Waals surface area contributed by atoms with Gasteiger partial charge in [0.1, 0.15) is 0 Å². The molecule has 0 unspecified atom stereocenters. The van der Waals surface area contributed by atoms with Gasteiger partial charge in [0.2, 0.25) is 10.0 Å². The highest BCUT2D eigenvalue weighted by Crippen LogP contribution is 2.33. The maximum atomic E-state index is 13.2. The summed E-state index contributed by atoms with van der Waals surface area (Å²) in [7, 11) is -4.02. The summed E-state index contributed by atoms with van der Waals surface area (Å²) in [6.45, 7) is 1.92. The van der Waals surface area contributed by atoms with Crippen molar-refractivity contribution in [1.82, 2.24) is 13.9 Å². The van der Waals surface area contributed by atoms with Crippen molar-refractivity contribution in [1.29, 1.82) is 0 Å². The molecule has 152 valence electrons. The van der Waals surface area contributed by atoms with Crippen LogP contribution < -0.4 is 5.69 Å². The first-order chi connectivity index (χ1) is 13.8. The molecular weight excluding hydrogens is 396 g/mol. The van der Waals surface area contributed by atoms with Gasteiger partial charge in [-0.1, -0.05) is 24.3 Å². The number of piperidine rings is 1. The van der Waals surface area contributed by atoms with E-state index in [0.717, 1.165) is 11.0 Å². The number of rotatable bonds is 4. The van der Waals surface area contributed by atoms with E-state index in [1.54, 1.807) is 17.6 Å². The minimum atomic E-state index is -4.02. The van der Waals surface area contributed by atoms with Gasteiger partial charge in [-0.3, -0.25) is 14.7 Å². The predicted molar refractivity (Wildman–Crippen MR) is 107 cm³/mol. The number of aromatic nitrogens is 2. The van der Waals surface area contributed by atoms with Gasteiger partial charge in [-0.15, -0.1) is 0 Å². The molecule has 2 aromatic carbocycles. The number of fused-ring (bicyclic) bond motifs is 1. The Kier molecular flexibility index (Phi) is 4.75. The molecule has 10 heteroatoms. The van der Waals surface area contributed by atoms with Crippen molar-refractivity contribution in [3.63, 3.8) is 0 Å². The number of nitro benzene ring substituents is 1. The van der Waals surface area contributed by atoms with Crippen LogP contribution in [0.25, 0.3) is 11.0 Å².